The molecule has 4 rings (SSSR count). The Balaban J connectivity index is 0.00000182. The van der Waals surface area contributed by atoms with E-state index >= 15 is 0 Å². The monoisotopic (exact) mass is 425 g/mol. The van der Waals surface area contributed by atoms with Gasteiger partial charge < -0.3 is 15.2 Å². The second-order valence-electron chi connectivity index (χ2n) is 6.79. The zero-order valence-corrected chi connectivity index (χ0v) is 16.2. The van der Waals surface area contributed by atoms with Gasteiger partial charge in [0.05, 0.1) is 5.56 Å². The van der Waals surface area contributed by atoms with Crippen LogP contribution in [0.3, 0.4) is 0 Å². The van der Waals surface area contributed by atoms with Gasteiger partial charge in [0.1, 0.15) is 0 Å². The Hall–Kier alpha value is -1.37. The average molecular weight is 427 g/mol. The molecule has 2 aliphatic rings. The van der Waals surface area contributed by atoms with Crippen LogP contribution in [-0.2, 0) is 0 Å². The van der Waals surface area contributed by atoms with Crippen molar-refractivity contribution >= 4 is 45.1 Å². The van der Waals surface area contributed by atoms with Crippen molar-refractivity contribution in [1.29, 1.82) is 0 Å². The number of aromatic amines is 1. The maximum Gasteiger partial charge on any atom is 0.254 e. The molecular weight excluding hydrogens is 406 g/mol. The Bertz CT molecular complexity index is 840. The molecule has 0 saturated carbocycles. The lowest BCUT2D eigenvalue weighted by Crippen LogP contribution is -2.33. The quantitative estimate of drug-likeness (QED) is 0.737. The van der Waals surface area contributed by atoms with Gasteiger partial charge in [-0.25, -0.2) is 0 Å². The van der Waals surface area contributed by atoms with Crippen molar-refractivity contribution in [2.45, 2.75) is 12.8 Å². The normalized spacial score (nSPS) is 23.0. The first-order chi connectivity index (χ1) is 11.6. The van der Waals surface area contributed by atoms with E-state index in [1.165, 1.54) is 6.07 Å². The predicted molar refractivity (Wildman–Crippen MR) is 105 cm³/mol. The molecule has 5 nitrogen and oxygen atoms in total. The molecule has 3 heterocycles. The molecule has 25 heavy (non-hydrogen) atoms. The van der Waals surface area contributed by atoms with Crippen LogP contribution in [0.4, 0.5) is 0 Å². The van der Waals surface area contributed by atoms with Crippen LogP contribution in [0.5, 0.6) is 0 Å². The number of benzene rings is 1. The summed E-state index contributed by atoms with van der Waals surface area (Å²) in [5, 5.41) is 4.24. The highest BCUT2D eigenvalue weighted by Gasteiger charge is 2.32. The molecule has 0 aliphatic carbocycles. The van der Waals surface area contributed by atoms with Gasteiger partial charge in [-0.2, -0.15) is 0 Å². The van der Waals surface area contributed by atoms with Crippen LogP contribution in [0, 0.1) is 11.8 Å². The highest BCUT2D eigenvalue weighted by Crippen LogP contribution is 2.28. The molecule has 2 N–H and O–H groups in total. The van der Waals surface area contributed by atoms with Crippen LogP contribution in [0.1, 0.15) is 23.2 Å². The van der Waals surface area contributed by atoms with E-state index in [9.17, 15) is 9.59 Å². The van der Waals surface area contributed by atoms with Crippen molar-refractivity contribution in [3.05, 3.63) is 44.7 Å². The van der Waals surface area contributed by atoms with Crippen LogP contribution in [0.2, 0.25) is 0 Å². The molecule has 1 aromatic carbocycles. The molecule has 7 heteroatoms. The molecule has 1 aromatic heterocycles. The highest BCUT2D eigenvalue weighted by atomic mass is 79.9. The van der Waals surface area contributed by atoms with E-state index in [1.54, 1.807) is 0 Å². The first-order valence-electron chi connectivity index (χ1n) is 8.44. The Morgan fingerprint density at radius 3 is 2.48 bits per heavy atom. The minimum Gasteiger partial charge on any atom is -0.339 e. The lowest BCUT2D eigenvalue weighted by atomic mass is 9.92. The summed E-state index contributed by atoms with van der Waals surface area (Å²) in [6.07, 6.45) is 2.07. The number of nitrogens with zero attached hydrogens (tertiary/aromatic N) is 1. The summed E-state index contributed by atoms with van der Waals surface area (Å²) < 4.78 is 0.896. The SMILES string of the molecule is Cl.O=C(c1cc(=O)[nH]c2ccc(Br)cc12)N1CC[C@@H]2CNC[C@@H]2CC1. The highest BCUT2D eigenvalue weighted by molar-refractivity contribution is 9.10. The fourth-order valence-corrected chi connectivity index (χ4v) is 4.36. The third-order valence-electron chi connectivity index (χ3n) is 5.34. The number of rotatable bonds is 1. The lowest BCUT2D eigenvalue weighted by Gasteiger charge is -2.21. The Labute approximate surface area is 160 Å². The largest absolute Gasteiger partial charge is 0.339 e. The van der Waals surface area contributed by atoms with Gasteiger partial charge in [0.2, 0.25) is 5.56 Å². The van der Waals surface area contributed by atoms with Crippen molar-refractivity contribution < 1.29 is 4.79 Å². The summed E-state index contributed by atoms with van der Waals surface area (Å²) in [6.45, 7) is 3.66. The van der Waals surface area contributed by atoms with Crippen LogP contribution in [0.15, 0.2) is 33.5 Å². The van der Waals surface area contributed by atoms with E-state index in [2.05, 4.69) is 26.2 Å². The Morgan fingerprint density at radius 1 is 1.12 bits per heavy atom. The molecule has 2 atom stereocenters. The molecule has 0 radical (unpaired) electrons. The molecule has 0 unspecified atom stereocenters. The zero-order chi connectivity index (χ0) is 16.7. The van der Waals surface area contributed by atoms with Gasteiger partial charge in [0.15, 0.2) is 0 Å². The predicted octanol–water partition coefficient (Wildman–Crippen LogP) is 2.78. The molecule has 134 valence electrons. The zero-order valence-electron chi connectivity index (χ0n) is 13.8. The van der Waals surface area contributed by atoms with Crippen molar-refractivity contribution in [2.75, 3.05) is 26.2 Å². The number of carbonyl (C=O) groups is 1. The number of likely N-dealkylation sites (tertiary alicyclic amines) is 1. The van der Waals surface area contributed by atoms with Gasteiger partial charge in [-0.05, 0) is 56.0 Å². The number of nitrogens with one attached hydrogen (secondary N) is 2. The van der Waals surface area contributed by atoms with Crippen LogP contribution >= 0.6 is 28.3 Å². The number of hydrogen-bond donors (Lipinski definition) is 2. The number of H-pyrrole nitrogens is 1. The topological polar surface area (TPSA) is 65.2 Å². The van der Waals surface area contributed by atoms with Gasteiger partial charge in [0, 0.05) is 34.5 Å². The standard InChI is InChI=1S/C18H20BrN3O2.ClH/c19-13-1-2-16-14(7-13)15(8-17(23)21-16)18(24)22-5-3-11-9-20-10-12(11)4-6-22;/h1-2,7-8,11-12,20H,3-6,9-10H2,(H,21,23);1H/t11-,12+;. The Kier molecular flexibility index (Phi) is 5.51. The van der Waals surface area contributed by atoms with E-state index in [0.717, 1.165) is 48.9 Å². The maximum absolute atomic E-state index is 13.1. The van der Waals surface area contributed by atoms with Crippen LogP contribution in [0.25, 0.3) is 10.9 Å². The third kappa shape index (κ3) is 3.61. The smallest absolute Gasteiger partial charge is 0.254 e. The minimum atomic E-state index is -0.232. The number of hydrogen-bond acceptors (Lipinski definition) is 3. The second kappa shape index (κ2) is 7.48. The van der Waals surface area contributed by atoms with Gasteiger partial charge in [0.25, 0.3) is 5.91 Å². The molecule has 1 amide bonds. The number of halogens is 2. The minimum absolute atomic E-state index is 0. The van der Waals surface area contributed by atoms with Gasteiger partial charge in [-0.1, -0.05) is 15.9 Å². The number of fused-ring (bicyclic) bond motifs is 2. The first-order valence-corrected chi connectivity index (χ1v) is 9.24. The molecule has 2 saturated heterocycles. The summed E-state index contributed by atoms with van der Waals surface area (Å²) in [6, 6.07) is 7.03. The number of pyridine rings is 1. The fourth-order valence-electron chi connectivity index (χ4n) is 3.99. The molecule has 2 aliphatic heterocycles. The molecular formula is C18H21BrClN3O2. The molecule has 2 aromatic rings. The van der Waals surface area contributed by atoms with E-state index < -0.39 is 0 Å². The van der Waals surface area contributed by atoms with Crippen molar-refractivity contribution in [3.8, 4) is 0 Å². The van der Waals surface area contributed by atoms with E-state index in [1.807, 2.05) is 23.1 Å². The summed E-state index contributed by atoms with van der Waals surface area (Å²) in [5.74, 6) is 1.32. The van der Waals surface area contributed by atoms with Gasteiger partial charge in [-0.3, -0.25) is 9.59 Å². The van der Waals surface area contributed by atoms with Gasteiger partial charge >= 0.3 is 0 Å². The number of amides is 1. The molecule has 2 fully saturated rings. The van der Waals surface area contributed by atoms with E-state index in [0.29, 0.717) is 22.9 Å². The van der Waals surface area contributed by atoms with E-state index in [4.69, 9.17) is 0 Å². The van der Waals surface area contributed by atoms with Crippen LogP contribution < -0.4 is 10.9 Å². The number of carbonyl (C=O) groups excluding carboxylic acids is 1. The molecule has 0 bridgehead atoms. The van der Waals surface area contributed by atoms with Crippen LogP contribution in [-0.4, -0.2) is 42.0 Å². The van der Waals surface area contributed by atoms with Gasteiger partial charge in [-0.15, -0.1) is 12.4 Å². The summed E-state index contributed by atoms with van der Waals surface area (Å²) in [4.78, 5) is 29.8. The average Bonchev–Trinajstić information content (AvgIpc) is 2.92. The van der Waals surface area contributed by atoms with E-state index in [-0.39, 0.29) is 23.9 Å². The number of aromatic nitrogens is 1. The summed E-state index contributed by atoms with van der Waals surface area (Å²) in [5.41, 5.74) is 0.967. The third-order valence-corrected chi connectivity index (χ3v) is 5.84. The van der Waals surface area contributed by atoms with Crippen molar-refractivity contribution in [3.63, 3.8) is 0 Å². The Morgan fingerprint density at radius 2 is 1.80 bits per heavy atom. The molecule has 0 spiro atoms. The van der Waals surface area contributed by atoms with Crippen molar-refractivity contribution in [1.82, 2.24) is 15.2 Å². The fraction of sp³-hybridized carbons (Fsp3) is 0.444. The summed E-state index contributed by atoms with van der Waals surface area (Å²) >= 11 is 3.45. The first kappa shape index (κ1) is 18.4. The van der Waals surface area contributed by atoms with Crippen molar-refractivity contribution in [2.24, 2.45) is 11.8 Å². The lowest BCUT2D eigenvalue weighted by molar-refractivity contribution is 0.0760. The second-order valence-corrected chi connectivity index (χ2v) is 7.70. The summed E-state index contributed by atoms with van der Waals surface area (Å²) in [7, 11) is 0. The maximum atomic E-state index is 13.1.